The molecule has 10 rings (SSSR count). The van der Waals surface area contributed by atoms with Gasteiger partial charge < -0.3 is 4.42 Å². The quantitative estimate of drug-likeness (QED) is 0.202. The van der Waals surface area contributed by atoms with Crippen LogP contribution in [0.4, 0.5) is 0 Å². The van der Waals surface area contributed by atoms with Crippen molar-refractivity contribution in [2.45, 2.75) is 0 Å². The Morgan fingerprint density at radius 3 is 2.13 bits per heavy atom. The first-order valence-electron chi connectivity index (χ1n) is 17.4. The highest BCUT2D eigenvalue weighted by Crippen LogP contribution is 2.40. The topological polar surface area (TPSA) is 56.7 Å². The van der Waals surface area contributed by atoms with Gasteiger partial charge in [-0.1, -0.05) is 90.9 Å². The van der Waals surface area contributed by atoms with E-state index in [1.54, 1.807) is 11.3 Å². The molecule has 0 fully saturated rings. The molecule has 4 heterocycles. The second-order valence-electron chi connectivity index (χ2n) is 10.8. The maximum absolute atomic E-state index is 8.99. The summed E-state index contributed by atoms with van der Waals surface area (Å²) in [5.41, 5.74) is 3.19. The number of furan rings is 1. The zero-order valence-corrected chi connectivity index (χ0v) is 24.2. The summed E-state index contributed by atoms with van der Waals surface area (Å²) < 4.78 is 62.3. The molecule has 0 aliphatic carbocycles. The highest BCUT2D eigenvalue weighted by molar-refractivity contribution is 7.26. The first-order valence-corrected chi connectivity index (χ1v) is 15.2. The van der Waals surface area contributed by atoms with Crippen LogP contribution in [0.3, 0.4) is 0 Å². The molecule has 10 aromatic rings. The van der Waals surface area contributed by atoms with E-state index in [4.69, 9.17) is 27.6 Å². The van der Waals surface area contributed by atoms with E-state index in [9.17, 15) is 0 Å². The van der Waals surface area contributed by atoms with Crippen molar-refractivity contribution in [3.63, 3.8) is 0 Å². The number of aromatic nitrogens is 4. The van der Waals surface area contributed by atoms with Gasteiger partial charge in [-0.05, 0) is 42.4 Å². The molecule has 4 aromatic heterocycles. The maximum Gasteiger partial charge on any atom is 0.238 e. The molecule has 5 nitrogen and oxygen atoms in total. The van der Waals surface area contributed by atoms with Gasteiger partial charge >= 0.3 is 0 Å². The fraction of sp³-hybridized carbons (Fsp3) is 0. The monoisotopic (exact) mass is 600 g/mol. The number of thiophene rings is 1. The summed E-state index contributed by atoms with van der Waals surface area (Å²) in [6, 6.07) is 29.4. The van der Waals surface area contributed by atoms with Crippen LogP contribution in [-0.4, -0.2) is 19.5 Å². The van der Waals surface area contributed by atoms with Gasteiger partial charge in [-0.25, -0.2) is 4.98 Å². The number of nitrogens with zero attached hydrogens (tertiary/aromatic N) is 4. The third-order valence-electron chi connectivity index (χ3n) is 8.23. The zero-order chi connectivity index (χ0) is 34.7. The normalized spacial score (nSPS) is 13.9. The van der Waals surface area contributed by atoms with Crippen molar-refractivity contribution in [2.75, 3.05) is 0 Å². The first-order chi connectivity index (χ1) is 24.8. The molecule has 0 amide bonds. The van der Waals surface area contributed by atoms with E-state index in [1.165, 1.54) is 16.7 Å². The molecule has 0 saturated carbocycles. The van der Waals surface area contributed by atoms with Crippen molar-refractivity contribution in [3.05, 3.63) is 133 Å². The van der Waals surface area contributed by atoms with Crippen LogP contribution in [0.1, 0.15) is 8.22 Å². The fourth-order valence-corrected chi connectivity index (χ4v) is 7.43. The molecule has 0 bridgehead atoms. The summed E-state index contributed by atoms with van der Waals surface area (Å²) in [6.45, 7) is 0. The lowest BCUT2D eigenvalue weighted by atomic mass is 10.1. The molecular formula is C39H22N4OS. The van der Waals surface area contributed by atoms with Gasteiger partial charge in [0.1, 0.15) is 11.2 Å². The van der Waals surface area contributed by atoms with Crippen LogP contribution < -0.4 is 0 Å². The van der Waals surface area contributed by atoms with Crippen molar-refractivity contribution < 1.29 is 12.6 Å². The molecule has 0 radical (unpaired) electrons. The summed E-state index contributed by atoms with van der Waals surface area (Å²) in [4.78, 5) is 15.0. The van der Waals surface area contributed by atoms with E-state index >= 15 is 0 Å². The molecule has 0 aliphatic rings. The van der Waals surface area contributed by atoms with E-state index in [0.717, 1.165) is 42.1 Å². The third kappa shape index (κ3) is 3.63. The molecular weight excluding hydrogens is 573 g/mol. The number of hydrogen-bond acceptors (Lipinski definition) is 5. The van der Waals surface area contributed by atoms with E-state index in [0.29, 0.717) is 22.8 Å². The molecule has 0 unspecified atom stereocenters. The lowest BCUT2D eigenvalue weighted by Crippen LogP contribution is -2.06. The van der Waals surface area contributed by atoms with Gasteiger partial charge in [0.25, 0.3) is 0 Å². The highest BCUT2D eigenvalue weighted by atomic mass is 32.1. The summed E-state index contributed by atoms with van der Waals surface area (Å²) in [6.07, 6.45) is 0. The molecule has 6 heteroatoms. The Balaban J connectivity index is 1.33. The van der Waals surface area contributed by atoms with Crippen molar-refractivity contribution in [1.29, 1.82) is 0 Å². The van der Waals surface area contributed by atoms with Crippen LogP contribution in [0, 0.1) is 0 Å². The molecule has 0 N–H and O–H groups in total. The van der Waals surface area contributed by atoms with Gasteiger partial charge in [-0.3, -0.25) is 4.57 Å². The second kappa shape index (κ2) is 9.32. The van der Waals surface area contributed by atoms with Gasteiger partial charge in [-0.15, -0.1) is 11.3 Å². The Labute approximate surface area is 269 Å². The Morgan fingerprint density at radius 1 is 0.578 bits per heavy atom. The van der Waals surface area contributed by atoms with Crippen molar-refractivity contribution >= 4 is 75.3 Å². The van der Waals surface area contributed by atoms with E-state index in [-0.39, 0.29) is 64.0 Å². The SMILES string of the molecule is [2H]c1cc([2H])c2c(c1[2H])c1c([2H])c([2H])cc([2H])c1n2-c1nc(-c2ccc3c(c2)oc2ccccc23)nc(-c2cccc3c2sc2ccccc23)n1. The van der Waals surface area contributed by atoms with Crippen molar-refractivity contribution in [1.82, 2.24) is 19.5 Å². The smallest absolute Gasteiger partial charge is 0.238 e. The Morgan fingerprint density at radius 2 is 1.29 bits per heavy atom. The Kier molecular flexibility index (Phi) is 4.03. The van der Waals surface area contributed by atoms with E-state index in [1.807, 2.05) is 66.7 Å². The average molecular weight is 601 g/mol. The van der Waals surface area contributed by atoms with Crippen LogP contribution in [0.15, 0.2) is 138 Å². The van der Waals surface area contributed by atoms with Crippen LogP contribution in [0.2, 0.25) is 0 Å². The van der Waals surface area contributed by atoms with Gasteiger partial charge in [0, 0.05) is 52.8 Å². The minimum atomic E-state index is -0.205. The van der Waals surface area contributed by atoms with Crippen LogP contribution in [-0.2, 0) is 0 Å². The van der Waals surface area contributed by atoms with Gasteiger partial charge in [0.05, 0.1) is 19.3 Å². The Hall–Kier alpha value is -5.85. The molecule has 0 aliphatic heterocycles. The predicted molar refractivity (Wildman–Crippen MR) is 185 cm³/mol. The number of rotatable bonds is 3. The third-order valence-corrected chi connectivity index (χ3v) is 9.45. The highest BCUT2D eigenvalue weighted by Gasteiger charge is 2.20. The fourth-order valence-electron chi connectivity index (χ4n) is 6.22. The summed E-state index contributed by atoms with van der Waals surface area (Å²) >= 11 is 1.64. The van der Waals surface area contributed by atoms with Crippen LogP contribution in [0.25, 0.3) is 92.6 Å². The van der Waals surface area contributed by atoms with Crippen molar-refractivity contribution in [2.24, 2.45) is 0 Å². The molecule has 0 saturated heterocycles. The van der Waals surface area contributed by atoms with Crippen LogP contribution >= 0.6 is 11.3 Å². The van der Waals surface area contributed by atoms with Crippen molar-refractivity contribution in [3.8, 4) is 28.7 Å². The molecule has 45 heavy (non-hydrogen) atoms. The number of para-hydroxylation sites is 3. The minimum Gasteiger partial charge on any atom is -0.456 e. The van der Waals surface area contributed by atoms with Crippen LogP contribution in [0.5, 0.6) is 0 Å². The average Bonchev–Trinajstić information content (AvgIpc) is 3.83. The maximum atomic E-state index is 8.99. The summed E-state index contributed by atoms with van der Waals surface area (Å²) in [5.74, 6) is 0.750. The minimum absolute atomic E-state index is 0.0779. The number of fused-ring (bicyclic) bond motifs is 9. The Bertz CT molecular complexity index is 3060. The number of hydrogen-bond donors (Lipinski definition) is 0. The molecule has 6 aromatic carbocycles. The predicted octanol–water partition coefficient (Wildman–Crippen LogP) is 10.6. The lowest BCUT2D eigenvalue weighted by Gasteiger charge is -2.11. The largest absolute Gasteiger partial charge is 0.456 e. The summed E-state index contributed by atoms with van der Waals surface area (Å²) in [7, 11) is 0. The molecule has 0 atom stereocenters. The van der Waals surface area contributed by atoms with Gasteiger partial charge in [0.2, 0.25) is 5.95 Å². The van der Waals surface area contributed by atoms with E-state index < -0.39 is 0 Å². The standard InChI is InChI=1S/C39H22N4OS/c1-5-16-31-24(10-1)25-11-2-6-17-32(25)43(31)39-41-37(23-20-21-27-26-12-3-7-18-33(26)44-34(27)22-23)40-38(42-39)30-15-9-14-29-28-13-4-8-19-35(28)45-36(29)30/h1-22H/i1D,2D,10D,11D,16D,17D. The lowest BCUT2D eigenvalue weighted by molar-refractivity contribution is 0.669. The van der Waals surface area contributed by atoms with Gasteiger partial charge in [0.15, 0.2) is 11.6 Å². The number of benzene rings is 6. The second-order valence-corrected chi connectivity index (χ2v) is 11.8. The summed E-state index contributed by atoms with van der Waals surface area (Å²) in [5, 5.41) is 4.38. The van der Waals surface area contributed by atoms with E-state index in [2.05, 4.69) is 18.2 Å². The van der Waals surface area contributed by atoms with Gasteiger partial charge in [-0.2, -0.15) is 9.97 Å². The first kappa shape index (κ1) is 19.4. The molecule has 210 valence electrons. The zero-order valence-electron chi connectivity index (χ0n) is 29.3. The molecule has 0 spiro atoms.